The maximum Gasteiger partial charge on any atom is 0.344 e. The lowest BCUT2D eigenvalue weighted by atomic mass is 10.2. The fourth-order valence-corrected chi connectivity index (χ4v) is 4.84. The van der Waals surface area contributed by atoms with E-state index in [1.54, 1.807) is 35.2 Å². The monoisotopic (exact) mass is 557 g/mol. The molecule has 0 aliphatic carbocycles. The average Bonchev–Trinajstić information content (AvgIpc) is 3.03. The lowest BCUT2D eigenvalue weighted by Crippen LogP contribution is -2.27. The summed E-state index contributed by atoms with van der Waals surface area (Å²) in [5.41, 5.74) is 2.38. The van der Waals surface area contributed by atoms with E-state index in [1.165, 1.54) is 11.8 Å². The van der Waals surface area contributed by atoms with E-state index in [2.05, 4.69) is 22.6 Å². The van der Waals surface area contributed by atoms with Crippen molar-refractivity contribution < 1.29 is 14.3 Å². The van der Waals surface area contributed by atoms with Crippen LogP contribution in [0.2, 0.25) is 0 Å². The van der Waals surface area contributed by atoms with Crippen LogP contribution in [0.1, 0.15) is 21.5 Å². The molecule has 1 heterocycles. The van der Waals surface area contributed by atoms with E-state index in [4.69, 9.17) is 17.0 Å². The first-order chi connectivity index (χ1) is 15.0. The molecular weight excluding hydrogens is 541 g/mol. The number of hydrogen-bond acceptors (Lipinski definition) is 5. The number of halogens is 1. The summed E-state index contributed by atoms with van der Waals surface area (Å²) in [6, 6.07) is 24.1. The Kier molecular flexibility index (Phi) is 6.84. The van der Waals surface area contributed by atoms with E-state index in [0.29, 0.717) is 27.1 Å². The van der Waals surface area contributed by atoms with E-state index in [0.717, 1.165) is 14.7 Å². The molecule has 3 aromatic carbocycles. The molecule has 0 radical (unpaired) electrons. The van der Waals surface area contributed by atoms with Gasteiger partial charge in [0.15, 0.2) is 0 Å². The van der Waals surface area contributed by atoms with Gasteiger partial charge in [0, 0.05) is 3.57 Å². The minimum Gasteiger partial charge on any atom is -0.423 e. The van der Waals surface area contributed by atoms with Gasteiger partial charge < -0.3 is 4.74 Å². The van der Waals surface area contributed by atoms with Crippen LogP contribution < -0.4 is 4.74 Å². The molecule has 1 aliphatic rings. The highest BCUT2D eigenvalue weighted by Gasteiger charge is 2.31. The van der Waals surface area contributed by atoms with E-state index in [1.807, 2.05) is 54.6 Å². The summed E-state index contributed by atoms with van der Waals surface area (Å²) in [5.74, 6) is -0.0639. The highest BCUT2D eigenvalue weighted by Crippen LogP contribution is 2.33. The summed E-state index contributed by atoms with van der Waals surface area (Å²) < 4.78 is 6.84. The van der Waals surface area contributed by atoms with E-state index in [-0.39, 0.29) is 5.91 Å². The Morgan fingerprint density at radius 1 is 1.00 bits per heavy atom. The molecule has 0 saturated carbocycles. The Hall–Kier alpha value is -2.49. The summed E-state index contributed by atoms with van der Waals surface area (Å²) in [6.07, 6.45) is 1.80. The van der Waals surface area contributed by atoms with Gasteiger partial charge in [-0.1, -0.05) is 78.6 Å². The molecule has 0 bridgehead atoms. The molecule has 7 heteroatoms. The predicted octanol–water partition coefficient (Wildman–Crippen LogP) is 5.91. The minimum atomic E-state index is -0.403. The molecule has 1 amide bonds. The van der Waals surface area contributed by atoms with Crippen LogP contribution in [0.5, 0.6) is 5.75 Å². The minimum absolute atomic E-state index is 0.104. The van der Waals surface area contributed by atoms with Crippen LogP contribution in [-0.4, -0.2) is 21.1 Å². The van der Waals surface area contributed by atoms with Crippen molar-refractivity contribution in [2.24, 2.45) is 0 Å². The Bertz CT molecular complexity index is 1180. The van der Waals surface area contributed by atoms with Crippen molar-refractivity contribution in [3.05, 3.63) is 104 Å². The number of esters is 1. The number of thioether (sulfide) groups is 1. The molecule has 154 valence electrons. The van der Waals surface area contributed by atoms with Crippen molar-refractivity contribution in [1.29, 1.82) is 0 Å². The molecule has 1 saturated heterocycles. The first kappa shape index (κ1) is 21.7. The van der Waals surface area contributed by atoms with Crippen molar-refractivity contribution >= 4 is 68.8 Å². The number of thiocarbonyl (C=S) groups is 1. The molecule has 3 aromatic rings. The second-order valence-corrected chi connectivity index (χ2v) is 9.53. The zero-order chi connectivity index (χ0) is 21.8. The zero-order valence-corrected chi connectivity index (χ0v) is 19.9. The third-order valence-electron chi connectivity index (χ3n) is 4.54. The number of nitrogens with zero attached hydrogens (tertiary/aromatic N) is 1. The highest BCUT2D eigenvalue weighted by atomic mass is 127. The van der Waals surface area contributed by atoms with Crippen LogP contribution in [-0.2, 0) is 11.3 Å². The molecule has 31 heavy (non-hydrogen) atoms. The topological polar surface area (TPSA) is 46.6 Å². The average molecular weight is 557 g/mol. The third-order valence-corrected chi connectivity index (χ3v) is 6.86. The summed E-state index contributed by atoms with van der Waals surface area (Å²) in [4.78, 5) is 27.3. The van der Waals surface area contributed by atoms with Crippen LogP contribution in [0.25, 0.3) is 6.08 Å². The van der Waals surface area contributed by atoms with Crippen molar-refractivity contribution in [2.75, 3.05) is 0 Å². The van der Waals surface area contributed by atoms with Crippen LogP contribution in [0.15, 0.2) is 83.8 Å². The smallest absolute Gasteiger partial charge is 0.344 e. The van der Waals surface area contributed by atoms with Crippen LogP contribution >= 0.6 is 46.6 Å². The van der Waals surface area contributed by atoms with Gasteiger partial charge in [-0.05, 0) is 64.1 Å². The van der Waals surface area contributed by atoms with Crippen LogP contribution in [0.4, 0.5) is 0 Å². The van der Waals surface area contributed by atoms with Gasteiger partial charge in [-0.15, -0.1) is 0 Å². The molecule has 0 atom stereocenters. The van der Waals surface area contributed by atoms with Crippen LogP contribution in [0, 0.1) is 3.57 Å². The number of ether oxygens (including phenoxy) is 1. The quantitative estimate of drug-likeness (QED) is 0.128. The number of hydrogen-bond donors (Lipinski definition) is 0. The second-order valence-electron chi connectivity index (χ2n) is 6.69. The SMILES string of the molecule is O=C(Oc1ccc(C=C2SC(=S)N(Cc3ccccc3)C2=O)cc1)c1ccccc1I. The Balaban J connectivity index is 1.44. The fraction of sp³-hybridized carbons (Fsp3) is 0.0417. The van der Waals surface area contributed by atoms with Crippen molar-refractivity contribution in [1.82, 2.24) is 4.90 Å². The number of amides is 1. The molecule has 0 aromatic heterocycles. The van der Waals surface area contributed by atoms with Gasteiger partial charge in [0.2, 0.25) is 0 Å². The Labute approximate surface area is 203 Å². The Morgan fingerprint density at radius 2 is 1.68 bits per heavy atom. The normalized spacial score (nSPS) is 14.9. The standard InChI is InChI=1S/C24H16INO3S2/c25-20-9-5-4-8-19(20)23(28)29-18-12-10-16(11-13-18)14-21-22(27)26(24(30)31-21)15-17-6-2-1-3-7-17/h1-14H,15H2. The highest BCUT2D eigenvalue weighted by molar-refractivity contribution is 14.1. The molecule has 0 N–H and O–H groups in total. The molecule has 0 unspecified atom stereocenters. The Morgan fingerprint density at radius 3 is 2.39 bits per heavy atom. The second kappa shape index (κ2) is 9.76. The first-order valence-corrected chi connectivity index (χ1v) is 11.7. The van der Waals surface area contributed by atoms with Crippen molar-refractivity contribution in [3.8, 4) is 5.75 Å². The summed E-state index contributed by atoms with van der Waals surface area (Å²) in [7, 11) is 0. The lowest BCUT2D eigenvalue weighted by molar-refractivity contribution is -0.122. The molecule has 1 fully saturated rings. The number of benzene rings is 3. The van der Waals surface area contributed by atoms with Crippen molar-refractivity contribution in [3.63, 3.8) is 0 Å². The summed E-state index contributed by atoms with van der Waals surface area (Å²) in [6.45, 7) is 0.454. The van der Waals surface area contributed by atoms with Gasteiger partial charge in [0.05, 0.1) is 17.0 Å². The summed E-state index contributed by atoms with van der Waals surface area (Å²) in [5, 5.41) is 0. The first-order valence-electron chi connectivity index (χ1n) is 9.37. The molecule has 4 rings (SSSR count). The molecular formula is C24H16INO3S2. The lowest BCUT2D eigenvalue weighted by Gasteiger charge is -2.14. The van der Waals surface area contributed by atoms with E-state index in [9.17, 15) is 9.59 Å². The van der Waals surface area contributed by atoms with Gasteiger partial charge in [-0.25, -0.2) is 4.79 Å². The van der Waals surface area contributed by atoms with Gasteiger partial charge in [0.25, 0.3) is 5.91 Å². The van der Waals surface area contributed by atoms with Gasteiger partial charge >= 0.3 is 5.97 Å². The predicted molar refractivity (Wildman–Crippen MR) is 136 cm³/mol. The summed E-state index contributed by atoms with van der Waals surface area (Å²) >= 11 is 8.80. The number of rotatable bonds is 5. The van der Waals surface area contributed by atoms with E-state index >= 15 is 0 Å². The van der Waals surface area contributed by atoms with Crippen LogP contribution in [0.3, 0.4) is 0 Å². The zero-order valence-electron chi connectivity index (χ0n) is 16.2. The van der Waals surface area contributed by atoms with Gasteiger partial charge in [-0.3, -0.25) is 9.69 Å². The number of carbonyl (C=O) groups is 2. The van der Waals surface area contributed by atoms with Gasteiger partial charge in [-0.2, -0.15) is 0 Å². The third kappa shape index (κ3) is 5.23. The largest absolute Gasteiger partial charge is 0.423 e. The number of carbonyl (C=O) groups excluding carboxylic acids is 2. The van der Waals surface area contributed by atoms with E-state index < -0.39 is 5.97 Å². The molecule has 4 nitrogen and oxygen atoms in total. The molecule has 1 aliphatic heterocycles. The van der Waals surface area contributed by atoms with Gasteiger partial charge in [0.1, 0.15) is 10.1 Å². The maximum absolute atomic E-state index is 12.8. The fourth-order valence-electron chi connectivity index (χ4n) is 2.97. The molecule has 0 spiro atoms. The van der Waals surface area contributed by atoms with Crippen molar-refractivity contribution in [2.45, 2.75) is 6.54 Å². The maximum atomic E-state index is 12.8.